The summed E-state index contributed by atoms with van der Waals surface area (Å²) in [7, 11) is -2.09. The van der Waals surface area contributed by atoms with Crippen molar-refractivity contribution in [2.75, 3.05) is 19.0 Å². The van der Waals surface area contributed by atoms with Crippen LogP contribution in [0.15, 0.2) is 47.4 Å². The second kappa shape index (κ2) is 9.07. The van der Waals surface area contributed by atoms with Crippen LogP contribution >= 0.6 is 11.6 Å². The fraction of sp³-hybridized carbons (Fsp3) is 0.278. The zero-order valence-corrected chi connectivity index (χ0v) is 16.7. The lowest BCUT2D eigenvalue weighted by Crippen LogP contribution is -2.30. The van der Waals surface area contributed by atoms with E-state index in [1.807, 2.05) is 0 Å². The van der Waals surface area contributed by atoms with Gasteiger partial charge in [0.2, 0.25) is 10.0 Å². The van der Waals surface area contributed by atoms with Crippen LogP contribution in [0, 0.1) is 0 Å². The first-order valence-electron chi connectivity index (χ1n) is 8.10. The number of carbonyl (C=O) groups is 1. The van der Waals surface area contributed by atoms with Gasteiger partial charge < -0.3 is 14.8 Å². The zero-order valence-electron chi connectivity index (χ0n) is 15.2. The summed E-state index contributed by atoms with van der Waals surface area (Å²) in [5, 5.41) is 3.11. The summed E-state index contributed by atoms with van der Waals surface area (Å²) in [6.07, 6.45) is 0. The van der Waals surface area contributed by atoms with Gasteiger partial charge in [-0.15, -0.1) is 0 Å². The van der Waals surface area contributed by atoms with E-state index in [9.17, 15) is 13.2 Å². The Morgan fingerprint density at radius 1 is 1.15 bits per heavy atom. The molecule has 0 saturated carbocycles. The molecule has 0 radical (unpaired) electrons. The Kier molecular flexibility index (Phi) is 7.06. The van der Waals surface area contributed by atoms with Gasteiger partial charge in [-0.25, -0.2) is 13.1 Å². The third-order valence-electron chi connectivity index (χ3n) is 3.33. The molecule has 2 aromatic carbocycles. The van der Waals surface area contributed by atoms with Crippen LogP contribution in [-0.2, 0) is 14.8 Å². The number of nitrogens with one attached hydrogen (secondary N) is 2. The van der Waals surface area contributed by atoms with Crippen LogP contribution in [0.25, 0.3) is 0 Å². The molecule has 0 atom stereocenters. The molecule has 0 aliphatic rings. The highest BCUT2D eigenvalue weighted by atomic mass is 35.5. The van der Waals surface area contributed by atoms with E-state index < -0.39 is 15.9 Å². The summed E-state index contributed by atoms with van der Waals surface area (Å²) in [5.41, 5.74) is 0.430. The maximum Gasteiger partial charge on any atom is 0.262 e. The maximum atomic E-state index is 12.1. The highest BCUT2D eigenvalue weighted by molar-refractivity contribution is 7.89. The number of amides is 1. The molecular formula is C18H21ClN2O5S. The molecule has 0 fully saturated rings. The Morgan fingerprint density at radius 2 is 1.81 bits per heavy atom. The predicted octanol–water partition coefficient (Wildman–Crippen LogP) is 3.05. The Bertz CT molecular complexity index is 898. The van der Waals surface area contributed by atoms with Crippen LogP contribution in [0.3, 0.4) is 0 Å². The second-order valence-electron chi connectivity index (χ2n) is 5.93. The number of methoxy groups -OCH3 is 1. The number of anilines is 1. The van der Waals surface area contributed by atoms with Crippen molar-refractivity contribution in [2.24, 2.45) is 0 Å². The number of rotatable bonds is 8. The standard InChI is InChI=1S/C18H21ClN2O5S/c1-12(2)21-27(23,24)15-7-5-14(6-8-15)26-11-18(22)20-16-10-13(19)4-9-17(16)25-3/h4-10,12,21H,11H2,1-3H3,(H,20,22). The van der Waals surface area contributed by atoms with Crippen molar-refractivity contribution >= 4 is 33.2 Å². The lowest BCUT2D eigenvalue weighted by molar-refractivity contribution is -0.118. The minimum absolute atomic E-state index is 0.122. The van der Waals surface area contributed by atoms with E-state index in [2.05, 4.69) is 10.0 Å². The molecule has 7 nitrogen and oxygen atoms in total. The molecule has 0 heterocycles. The molecule has 0 unspecified atom stereocenters. The molecule has 0 aromatic heterocycles. The Labute approximate surface area is 163 Å². The van der Waals surface area contributed by atoms with E-state index in [0.717, 1.165) is 0 Å². The summed E-state index contributed by atoms with van der Waals surface area (Å²) in [6.45, 7) is 3.22. The van der Waals surface area contributed by atoms with Crippen LogP contribution in [-0.4, -0.2) is 34.1 Å². The van der Waals surface area contributed by atoms with Gasteiger partial charge in [0.05, 0.1) is 17.7 Å². The van der Waals surface area contributed by atoms with Gasteiger partial charge in [-0.05, 0) is 56.3 Å². The van der Waals surface area contributed by atoms with E-state index in [-0.39, 0.29) is 17.5 Å². The van der Waals surface area contributed by atoms with Gasteiger partial charge >= 0.3 is 0 Å². The van der Waals surface area contributed by atoms with Gasteiger partial charge in [0.25, 0.3) is 5.91 Å². The van der Waals surface area contributed by atoms with Crippen molar-refractivity contribution in [3.8, 4) is 11.5 Å². The van der Waals surface area contributed by atoms with E-state index in [4.69, 9.17) is 21.1 Å². The first-order chi connectivity index (χ1) is 12.7. The van der Waals surface area contributed by atoms with Crippen molar-refractivity contribution in [3.05, 3.63) is 47.5 Å². The highest BCUT2D eigenvalue weighted by Crippen LogP contribution is 2.27. The number of carbonyl (C=O) groups excluding carboxylic acids is 1. The minimum atomic E-state index is -3.57. The molecule has 0 saturated heterocycles. The third-order valence-corrected chi connectivity index (χ3v) is 5.24. The van der Waals surface area contributed by atoms with E-state index in [0.29, 0.717) is 22.2 Å². The SMILES string of the molecule is COc1ccc(Cl)cc1NC(=O)COc1ccc(S(=O)(=O)NC(C)C)cc1. The topological polar surface area (TPSA) is 93.7 Å². The zero-order chi connectivity index (χ0) is 20.0. The minimum Gasteiger partial charge on any atom is -0.495 e. The van der Waals surface area contributed by atoms with Gasteiger partial charge in [0.1, 0.15) is 11.5 Å². The van der Waals surface area contributed by atoms with E-state index >= 15 is 0 Å². The van der Waals surface area contributed by atoms with Crippen LogP contribution in [0.5, 0.6) is 11.5 Å². The number of benzene rings is 2. The van der Waals surface area contributed by atoms with Crippen molar-refractivity contribution in [1.29, 1.82) is 0 Å². The summed E-state index contributed by atoms with van der Waals surface area (Å²) in [5.74, 6) is 0.431. The van der Waals surface area contributed by atoms with Gasteiger partial charge in [-0.1, -0.05) is 11.6 Å². The van der Waals surface area contributed by atoms with Crippen molar-refractivity contribution in [2.45, 2.75) is 24.8 Å². The fourth-order valence-electron chi connectivity index (χ4n) is 2.21. The molecule has 0 aliphatic heterocycles. The number of hydrogen-bond donors (Lipinski definition) is 2. The fourth-order valence-corrected chi connectivity index (χ4v) is 3.63. The molecule has 0 bridgehead atoms. The van der Waals surface area contributed by atoms with Gasteiger partial charge in [-0.2, -0.15) is 0 Å². The number of sulfonamides is 1. The van der Waals surface area contributed by atoms with Crippen LogP contribution < -0.4 is 19.5 Å². The number of halogens is 1. The van der Waals surface area contributed by atoms with E-state index in [1.165, 1.54) is 31.4 Å². The Balaban J connectivity index is 1.97. The second-order valence-corrected chi connectivity index (χ2v) is 8.08. The van der Waals surface area contributed by atoms with E-state index in [1.54, 1.807) is 32.0 Å². The highest BCUT2D eigenvalue weighted by Gasteiger charge is 2.15. The number of hydrogen-bond acceptors (Lipinski definition) is 5. The first-order valence-corrected chi connectivity index (χ1v) is 9.96. The van der Waals surface area contributed by atoms with Crippen LogP contribution in [0.1, 0.15) is 13.8 Å². The molecule has 27 heavy (non-hydrogen) atoms. The molecule has 2 aromatic rings. The largest absolute Gasteiger partial charge is 0.495 e. The predicted molar refractivity (Wildman–Crippen MR) is 104 cm³/mol. The van der Waals surface area contributed by atoms with Crippen LogP contribution in [0.2, 0.25) is 5.02 Å². The quantitative estimate of drug-likeness (QED) is 0.695. The summed E-state index contributed by atoms with van der Waals surface area (Å²) < 4.78 is 37.2. The summed E-state index contributed by atoms with van der Waals surface area (Å²) >= 11 is 5.92. The Morgan fingerprint density at radius 3 is 2.41 bits per heavy atom. The molecule has 2 N–H and O–H groups in total. The normalized spacial score (nSPS) is 11.3. The monoisotopic (exact) mass is 412 g/mol. The molecule has 9 heteroatoms. The lowest BCUT2D eigenvalue weighted by atomic mass is 10.3. The van der Waals surface area contributed by atoms with Crippen molar-refractivity contribution < 1.29 is 22.7 Å². The van der Waals surface area contributed by atoms with Gasteiger partial charge in [-0.3, -0.25) is 4.79 Å². The molecule has 146 valence electrons. The smallest absolute Gasteiger partial charge is 0.262 e. The number of ether oxygens (including phenoxy) is 2. The van der Waals surface area contributed by atoms with Crippen LogP contribution in [0.4, 0.5) is 5.69 Å². The maximum absolute atomic E-state index is 12.1. The Hall–Kier alpha value is -2.29. The first kappa shape index (κ1) is 21.0. The summed E-state index contributed by atoms with van der Waals surface area (Å²) in [4.78, 5) is 12.2. The molecule has 0 spiro atoms. The third kappa shape index (κ3) is 6.13. The average molecular weight is 413 g/mol. The van der Waals surface area contributed by atoms with Gasteiger partial charge in [0.15, 0.2) is 6.61 Å². The average Bonchev–Trinajstić information content (AvgIpc) is 2.59. The summed E-state index contributed by atoms with van der Waals surface area (Å²) in [6, 6.07) is 10.5. The van der Waals surface area contributed by atoms with Gasteiger partial charge in [0, 0.05) is 11.1 Å². The molecule has 0 aliphatic carbocycles. The van der Waals surface area contributed by atoms with Crippen molar-refractivity contribution in [1.82, 2.24) is 4.72 Å². The molecule has 1 amide bonds. The molecule has 2 rings (SSSR count). The lowest BCUT2D eigenvalue weighted by Gasteiger charge is -2.12. The molecular weight excluding hydrogens is 392 g/mol. The van der Waals surface area contributed by atoms with Crippen molar-refractivity contribution in [3.63, 3.8) is 0 Å².